The Kier molecular flexibility index (Phi) is 5.53. The van der Waals surface area contributed by atoms with Crippen LogP contribution < -0.4 is 10.6 Å². The lowest BCUT2D eigenvalue weighted by Crippen LogP contribution is -2.55. The van der Waals surface area contributed by atoms with Crippen LogP contribution in [0.5, 0.6) is 0 Å². The van der Waals surface area contributed by atoms with Gasteiger partial charge in [0.25, 0.3) is 0 Å². The van der Waals surface area contributed by atoms with E-state index in [0.29, 0.717) is 0 Å². The molecule has 20 heavy (non-hydrogen) atoms. The lowest BCUT2D eigenvalue weighted by Gasteiger charge is -2.25. The van der Waals surface area contributed by atoms with Crippen molar-refractivity contribution >= 4 is 17.8 Å². The maximum absolute atomic E-state index is 12.2. The summed E-state index contributed by atoms with van der Waals surface area (Å²) in [7, 11) is 0. The average Bonchev–Trinajstić information content (AvgIpc) is 3.14. The molecule has 0 aliphatic heterocycles. The van der Waals surface area contributed by atoms with Crippen molar-refractivity contribution in [2.45, 2.75) is 52.6 Å². The molecule has 1 aliphatic carbocycles. The van der Waals surface area contributed by atoms with E-state index in [0.717, 1.165) is 12.8 Å². The van der Waals surface area contributed by atoms with Crippen LogP contribution in [0.2, 0.25) is 0 Å². The first kappa shape index (κ1) is 16.5. The van der Waals surface area contributed by atoms with E-state index in [1.807, 2.05) is 13.8 Å². The Morgan fingerprint density at radius 3 is 1.80 bits per heavy atom. The van der Waals surface area contributed by atoms with Crippen LogP contribution in [0.25, 0.3) is 0 Å². The Bertz CT molecular complexity index is 389. The Balaban J connectivity index is 2.67. The highest BCUT2D eigenvalue weighted by atomic mass is 16.4. The second kappa shape index (κ2) is 6.72. The molecule has 1 rings (SSSR count). The molecule has 3 N–H and O–H groups in total. The van der Waals surface area contributed by atoms with Crippen molar-refractivity contribution in [2.75, 3.05) is 0 Å². The van der Waals surface area contributed by atoms with Crippen LogP contribution >= 0.6 is 0 Å². The quantitative estimate of drug-likeness (QED) is 0.643. The van der Waals surface area contributed by atoms with Crippen LogP contribution in [-0.2, 0) is 14.4 Å². The molecule has 0 saturated heterocycles. The van der Waals surface area contributed by atoms with Gasteiger partial charge in [-0.15, -0.1) is 0 Å². The van der Waals surface area contributed by atoms with Gasteiger partial charge in [-0.25, -0.2) is 4.79 Å². The molecule has 114 valence electrons. The van der Waals surface area contributed by atoms with Gasteiger partial charge in [0.2, 0.25) is 11.8 Å². The Labute approximate surface area is 119 Å². The van der Waals surface area contributed by atoms with Crippen LogP contribution in [-0.4, -0.2) is 35.0 Å². The van der Waals surface area contributed by atoms with E-state index in [1.165, 1.54) is 0 Å². The number of aliphatic carboxylic acids is 1. The van der Waals surface area contributed by atoms with Crippen LogP contribution in [0.4, 0.5) is 0 Å². The fraction of sp³-hybridized carbons (Fsp3) is 0.786. The maximum Gasteiger partial charge on any atom is 0.326 e. The largest absolute Gasteiger partial charge is 0.480 e. The van der Waals surface area contributed by atoms with Gasteiger partial charge in [0.05, 0.1) is 0 Å². The summed E-state index contributed by atoms with van der Waals surface area (Å²) in [5, 5.41) is 14.3. The molecule has 2 atom stereocenters. The number of carboxylic acid groups (broad SMARTS) is 1. The number of hydrogen-bond acceptors (Lipinski definition) is 3. The molecule has 0 aromatic carbocycles. The molecule has 6 nitrogen and oxygen atoms in total. The Morgan fingerprint density at radius 1 is 0.950 bits per heavy atom. The fourth-order valence-electron chi connectivity index (χ4n) is 1.91. The SMILES string of the molecule is CC(C)[C@H](NC(=O)[C@@H](NC(=O)C1CC1)C(C)C)C(=O)O. The van der Waals surface area contributed by atoms with E-state index in [2.05, 4.69) is 10.6 Å². The van der Waals surface area contributed by atoms with E-state index in [1.54, 1.807) is 13.8 Å². The molecule has 1 aliphatic rings. The van der Waals surface area contributed by atoms with E-state index >= 15 is 0 Å². The van der Waals surface area contributed by atoms with Gasteiger partial charge in [-0.1, -0.05) is 27.7 Å². The first-order valence-electron chi connectivity index (χ1n) is 7.07. The predicted octanol–water partition coefficient (Wildman–Crippen LogP) is 0.763. The number of carboxylic acids is 1. The lowest BCUT2D eigenvalue weighted by atomic mass is 10.00. The summed E-state index contributed by atoms with van der Waals surface area (Å²) in [6.45, 7) is 7.10. The summed E-state index contributed by atoms with van der Waals surface area (Å²) in [5.74, 6) is -1.91. The zero-order valence-electron chi connectivity index (χ0n) is 12.5. The number of carbonyl (C=O) groups excluding carboxylic acids is 2. The van der Waals surface area contributed by atoms with Crippen molar-refractivity contribution in [1.29, 1.82) is 0 Å². The zero-order chi connectivity index (χ0) is 15.4. The molecular weight excluding hydrogens is 260 g/mol. The zero-order valence-corrected chi connectivity index (χ0v) is 12.5. The molecule has 0 unspecified atom stereocenters. The van der Waals surface area contributed by atoms with Gasteiger partial charge < -0.3 is 15.7 Å². The molecule has 1 saturated carbocycles. The molecule has 0 heterocycles. The standard InChI is InChI=1S/C14H24N2O4/c1-7(2)10(15-12(17)9-5-6-9)13(18)16-11(8(3)4)14(19)20/h7-11H,5-6H2,1-4H3,(H,15,17)(H,16,18)(H,19,20)/t10-,11-/m0/s1. The van der Waals surface area contributed by atoms with Crippen LogP contribution in [0, 0.1) is 17.8 Å². The number of hydrogen-bond donors (Lipinski definition) is 3. The summed E-state index contributed by atoms with van der Waals surface area (Å²) >= 11 is 0. The minimum absolute atomic E-state index is 0.0180. The summed E-state index contributed by atoms with van der Waals surface area (Å²) in [4.78, 5) is 35.1. The highest BCUT2D eigenvalue weighted by molar-refractivity contribution is 5.91. The second-order valence-corrected chi connectivity index (χ2v) is 6.07. The number of rotatable bonds is 7. The van der Waals surface area contributed by atoms with Gasteiger partial charge in [0.1, 0.15) is 12.1 Å². The van der Waals surface area contributed by atoms with Crippen molar-refractivity contribution in [3.8, 4) is 0 Å². The first-order chi connectivity index (χ1) is 9.23. The monoisotopic (exact) mass is 284 g/mol. The number of carbonyl (C=O) groups is 3. The van der Waals surface area contributed by atoms with Gasteiger partial charge in [0, 0.05) is 5.92 Å². The van der Waals surface area contributed by atoms with Crippen molar-refractivity contribution in [2.24, 2.45) is 17.8 Å². The van der Waals surface area contributed by atoms with E-state index < -0.39 is 24.0 Å². The van der Waals surface area contributed by atoms with Crippen molar-refractivity contribution in [3.05, 3.63) is 0 Å². The van der Waals surface area contributed by atoms with Crippen LogP contribution in [0.3, 0.4) is 0 Å². The van der Waals surface area contributed by atoms with Gasteiger partial charge in [-0.3, -0.25) is 9.59 Å². The molecule has 0 spiro atoms. The number of amides is 2. The Morgan fingerprint density at radius 2 is 1.45 bits per heavy atom. The molecule has 0 aromatic rings. The van der Waals surface area contributed by atoms with Crippen molar-refractivity contribution in [3.63, 3.8) is 0 Å². The van der Waals surface area contributed by atoms with Gasteiger partial charge in [-0.2, -0.15) is 0 Å². The van der Waals surface area contributed by atoms with Gasteiger partial charge in [0.15, 0.2) is 0 Å². The van der Waals surface area contributed by atoms with E-state index in [-0.39, 0.29) is 23.7 Å². The molecule has 0 bridgehead atoms. The minimum Gasteiger partial charge on any atom is -0.480 e. The smallest absolute Gasteiger partial charge is 0.326 e. The van der Waals surface area contributed by atoms with Crippen molar-refractivity contribution < 1.29 is 19.5 Å². The molecular formula is C14H24N2O4. The van der Waals surface area contributed by atoms with E-state index in [9.17, 15) is 14.4 Å². The number of nitrogens with one attached hydrogen (secondary N) is 2. The maximum atomic E-state index is 12.2. The van der Waals surface area contributed by atoms with Gasteiger partial charge in [-0.05, 0) is 24.7 Å². The second-order valence-electron chi connectivity index (χ2n) is 6.07. The third-order valence-electron chi connectivity index (χ3n) is 3.43. The fourth-order valence-corrected chi connectivity index (χ4v) is 1.91. The van der Waals surface area contributed by atoms with Crippen LogP contribution in [0.15, 0.2) is 0 Å². The molecule has 0 aromatic heterocycles. The highest BCUT2D eigenvalue weighted by Gasteiger charge is 2.35. The lowest BCUT2D eigenvalue weighted by molar-refractivity contribution is -0.143. The van der Waals surface area contributed by atoms with Crippen LogP contribution in [0.1, 0.15) is 40.5 Å². The molecule has 1 fully saturated rings. The first-order valence-corrected chi connectivity index (χ1v) is 7.07. The Hall–Kier alpha value is -1.59. The van der Waals surface area contributed by atoms with Crippen molar-refractivity contribution in [1.82, 2.24) is 10.6 Å². The summed E-state index contributed by atoms with van der Waals surface area (Å²) in [6.07, 6.45) is 1.73. The molecule has 6 heteroatoms. The normalized spacial score (nSPS) is 17.7. The average molecular weight is 284 g/mol. The summed E-state index contributed by atoms with van der Waals surface area (Å²) in [6, 6.07) is -1.63. The predicted molar refractivity (Wildman–Crippen MR) is 73.9 cm³/mol. The summed E-state index contributed by atoms with van der Waals surface area (Å²) in [5.41, 5.74) is 0. The third kappa shape index (κ3) is 4.51. The molecule has 0 radical (unpaired) electrons. The highest BCUT2D eigenvalue weighted by Crippen LogP contribution is 2.29. The third-order valence-corrected chi connectivity index (χ3v) is 3.43. The molecule has 2 amide bonds. The van der Waals surface area contributed by atoms with E-state index in [4.69, 9.17) is 5.11 Å². The minimum atomic E-state index is -1.07. The summed E-state index contributed by atoms with van der Waals surface area (Å²) < 4.78 is 0. The van der Waals surface area contributed by atoms with Gasteiger partial charge >= 0.3 is 5.97 Å². The topological polar surface area (TPSA) is 95.5 Å².